The molecule has 1 aromatic rings. The van der Waals surface area contributed by atoms with Crippen molar-refractivity contribution in [3.05, 3.63) is 22.4 Å². The van der Waals surface area contributed by atoms with Gasteiger partial charge in [0.1, 0.15) is 11.6 Å². The van der Waals surface area contributed by atoms with Gasteiger partial charge in [-0.15, -0.1) is 12.4 Å². The van der Waals surface area contributed by atoms with Gasteiger partial charge in [0, 0.05) is 6.07 Å². The third-order valence-corrected chi connectivity index (χ3v) is 1.68. The summed E-state index contributed by atoms with van der Waals surface area (Å²) in [5.74, 6) is -0.594. The monoisotopic (exact) mass is 241 g/mol. The third kappa shape index (κ3) is 2.24. The molecular formula is C6H6BrClFNO. The van der Waals surface area contributed by atoms with Crippen LogP contribution in [0.15, 0.2) is 16.6 Å². The van der Waals surface area contributed by atoms with Crippen molar-refractivity contribution in [2.75, 3.05) is 5.73 Å². The summed E-state index contributed by atoms with van der Waals surface area (Å²) in [5, 5.41) is 8.90. The number of hydrogen-bond acceptors (Lipinski definition) is 2. The van der Waals surface area contributed by atoms with E-state index in [-0.39, 0.29) is 28.3 Å². The predicted molar refractivity (Wildman–Crippen MR) is 47.4 cm³/mol. The molecule has 0 bridgehead atoms. The van der Waals surface area contributed by atoms with Crippen LogP contribution in [-0.4, -0.2) is 5.11 Å². The zero-order chi connectivity index (χ0) is 7.72. The molecule has 0 saturated heterocycles. The Morgan fingerprint density at radius 2 is 2.00 bits per heavy atom. The first kappa shape index (κ1) is 10.5. The fraction of sp³-hybridized carbons (Fsp3) is 0. The summed E-state index contributed by atoms with van der Waals surface area (Å²) < 4.78 is 12.7. The highest BCUT2D eigenvalue weighted by Gasteiger charge is 2.02. The fourth-order valence-electron chi connectivity index (χ4n) is 0.552. The van der Waals surface area contributed by atoms with Crippen molar-refractivity contribution < 1.29 is 9.50 Å². The number of rotatable bonds is 0. The van der Waals surface area contributed by atoms with E-state index in [1.54, 1.807) is 0 Å². The number of hydrogen-bond donors (Lipinski definition) is 2. The molecule has 0 atom stereocenters. The van der Waals surface area contributed by atoms with Gasteiger partial charge in [-0.2, -0.15) is 0 Å². The molecule has 2 nitrogen and oxygen atoms in total. The summed E-state index contributed by atoms with van der Waals surface area (Å²) in [6.07, 6.45) is 0. The van der Waals surface area contributed by atoms with E-state index in [2.05, 4.69) is 15.9 Å². The van der Waals surface area contributed by atoms with Gasteiger partial charge in [0.25, 0.3) is 0 Å². The van der Waals surface area contributed by atoms with Crippen LogP contribution in [0.1, 0.15) is 0 Å². The molecular weight excluding hydrogens is 236 g/mol. The number of anilines is 1. The molecule has 62 valence electrons. The number of phenolic OH excluding ortho intramolecular Hbond substituents is 1. The van der Waals surface area contributed by atoms with Gasteiger partial charge in [0.2, 0.25) is 0 Å². The zero-order valence-corrected chi connectivity index (χ0v) is 7.75. The Morgan fingerprint density at radius 3 is 2.45 bits per heavy atom. The largest absolute Gasteiger partial charge is 0.506 e. The van der Waals surface area contributed by atoms with Gasteiger partial charge in [0.05, 0.1) is 10.2 Å². The number of aromatic hydroxyl groups is 1. The minimum Gasteiger partial charge on any atom is -0.506 e. The van der Waals surface area contributed by atoms with Gasteiger partial charge >= 0.3 is 0 Å². The summed E-state index contributed by atoms with van der Waals surface area (Å²) in [5.41, 5.74) is 5.22. The molecule has 3 N–H and O–H groups in total. The van der Waals surface area contributed by atoms with Crippen LogP contribution in [0.4, 0.5) is 10.1 Å². The Bertz CT molecular complexity index is 219. The summed E-state index contributed by atoms with van der Waals surface area (Å²) in [4.78, 5) is 0. The van der Waals surface area contributed by atoms with E-state index in [1.807, 2.05) is 0 Å². The van der Waals surface area contributed by atoms with Gasteiger partial charge in [-0.1, -0.05) is 0 Å². The van der Waals surface area contributed by atoms with E-state index in [0.29, 0.717) is 0 Å². The van der Waals surface area contributed by atoms with Crippen LogP contribution in [0.2, 0.25) is 0 Å². The van der Waals surface area contributed by atoms with E-state index in [9.17, 15) is 4.39 Å². The second-order valence-corrected chi connectivity index (χ2v) is 2.68. The lowest BCUT2D eigenvalue weighted by atomic mass is 10.3. The third-order valence-electron chi connectivity index (χ3n) is 1.07. The van der Waals surface area contributed by atoms with Crippen LogP contribution in [0.3, 0.4) is 0 Å². The Morgan fingerprint density at radius 1 is 1.45 bits per heavy atom. The van der Waals surface area contributed by atoms with Gasteiger partial charge in [-0.3, -0.25) is 0 Å². The van der Waals surface area contributed by atoms with Crippen molar-refractivity contribution in [1.82, 2.24) is 0 Å². The van der Waals surface area contributed by atoms with E-state index >= 15 is 0 Å². The van der Waals surface area contributed by atoms with Gasteiger partial charge in [-0.25, -0.2) is 4.39 Å². The molecule has 0 aliphatic rings. The maximum absolute atomic E-state index is 12.5. The van der Waals surface area contributed by atoms with Crippen LogP contribution < -0.4 is 5.73 Å². The number of benzene rings is 1. The molecule has 0 aromatic heterocycles. The second-order valence-electron chi connectivity index (χ2n) is 1.83. The van der Waals surface area contributed by atoms with Crippen molar-refractivity contribution in [3.8, 4) is 5.75 Å². The van der Waals surface area contributed by atoms with E-state index < -0.39 is 5.82 Å². The van der Waals surface area contributed by atoms with Crippen molar-refractivity contribution in [1.29, 1.82) is 0 Å². The lowest BCUT2D eigenvalue weighted by molar-refractivity contribution is 0.475. The van der Waals surface area contributed by atoms with Crippen LogP contribution in [0, 0.1) is 5.82 Å². The molecule has 11 heavy (non-hydrogen) atoms. The number of nitrogen functional groups attached to an aromatic ring is 1. The molecule has 0 unspecified atom stereocenters. The summed E-state index contributed by atoms with van der Waals surface area (Å²) in [6.45, 7) is 0. The Hall–Kier alpha value is -0.480. The van der Waals surface area contributed by atoms with E-state index in [0.717, 1.165) is 6.07 Å². The number of halogens is 3. The maximum Gasteiger partial charge on any atom is 0.139 e. The lowest BCUT2D eigenvalue weighted by Crippen LogP contribution is -1.87. The Kier molecular flexibility index (Phi) is 3.62. The molecule has 5 heteroatoms. The fourth-order valence-corrected chi connectivity index (χ4v) is 0.883. The normalized spacial score (nSPS) is 8.91. The highest BCUT2D eigenvalue weighted by atomic mass is 79.9. The van der Waals surface area contributed by atoms with Crippen LogP contribution in [0.5, 0.6) is 5.75 Å². The van der Waals surface area contributed by atoms with Crippen molar-refractivity contribution in [3.63, 3.8) is 0 Å². The first-order valence-corrected chi connectivity index (χ1v) is 3.34. The maximum atomic E-state index is 12.5. The molecule has 0 amide bonds. The van der Waals surface area contributed by atoms with Crippen LogP contribution in [-0.2, 0) is 0 Å². The predicted octanol–water partition coefficient (Wildman–Crippen LogP) is 2.30. The molecule has 0 fully saturated rings. The van der Waals surface area contributed by atoms with Crippen LogP contribution in [0.25, 0.3) is 0 Å². The van der Waals surface area contributed by atoms with Gasteiger partial charge in [-0.05, 0) is 22.0 Å². The molecule has 1 aromatic carbocycles. The minimum absolute atomic E-state index is 0. The molecule has 0 aliphatic heterocycles. The number of phenols is 1. The first-order chi connectivity index (χ1) is 4.61. The van der Waals surface area contributed by atoms with E-state index in [4.69, 9.17) is 10.8 Å². The van der Waals surface area contributed by atoms with Crippen molar-refractivity contribution >= 4 is 34.0 Å². The van der Waals surface area contributed by atoms with Gasteiger partial charge < -0.3 is 10.8 Å². The standard InChI is InChI=1S/C6H5BrFNO.ClH/c7-3-1-6(10)5(9)2-4(3)8;/h1-2,10H,9H2;1H. The second kappa shape index (κ2) is 3.78. The average Bonchev–Trinajstić information content (AvgIpc) is 1.84. The highest BCUT2D eigenvalue weighted by Crippen LogP contribution is 2.26. The van der Waals surface area contributed by atoms with Crippen LogP contribution >= 0.6 is 28.3 Å². The highest BCUT2D eigenvalue weighted by molar-refractivity contribution is 9.10. The van der Waals surface area contributed by atoms with Crippen molar-refractivity contribution in [2.24, 2.45) is 0 Å². The van der Waals surface area contributed by atoms with Gasteiger partial charge in [0.15, 0.2) is 0 Å². The summed E-state index contributed by atoms with van der Waals surface area (Å²) >= 11 is 2.89. The Balaban J connectivity index is 0.000001000. The molecule has 0 heterocycles. The smallest absolute Gasteiger partial charge is 0.139 e. The Labute approximate surface area is 77.8 Å². The number of nitrogens with two attached hydrogens (primary N) is 1. The SMILES string of the molecule is Cl.Nc1cc(F)c(Br)cc1O. The quantitative estimate of drug-likeness (QED) is 0.542. The molecule has 0 radical (unpaired) electrons. The molecule has 1 rings (SSSR count). The van der Waals surface area contributed by atoms with Crippen molar-refractivity contribution in [2.45, 2.75) is 0 Å². The minimum atomic E-state index is -0.477. The molecule has 0 spiro atoms. The first-order valence-electron chi connectivity index (χ1n) is 2.54. The zero-order valence-electron chi connectivity index (χ0n) is 5.34. The average molecular weight is 242 g/mol. The topological polar surface area (TPSA) is 46.2 Å². The van der Waals surface area contributed by atoms with E-state index in [1.165, 1.54) is 6.07 Å². The lowest BCUT2D eigenvalue weighted by Gasteiger charge is -1.98. The summed E-state index contributed by atoms with van der Waals surface area (Å²) in [6, 6.07) is 2.27. The molecule has 0 aliphatic carbocycles. The molecule has 0 saturated carbocycles. The summed E-state index contributed by atoms with van der Waals surface area (Å²) in [7, 11) is 0.